The fourth-order valence-corrected chi connectivity index (χ4v) is 1.32. The summed E-state index contributed by atoms with van der Waals surface area (Å²) in [5.74, 6) is -0.749. The van der Waals surface area contributed by atoms with E-state index in [0.717, 1.165) is 0 Å². The van der Waals surface area contributed by atoms with E-state index in [1.807, 2.05) is 0 Å². The fraction of sp³-hybridized carbons (Fsp3) is 0.100. The molecule has 82 valence electrons. The van der Waals surface area contributed by atoms with E-state index in [-0.39, 0.29) is 12.1 Å². The first kappa shape index (κ1) is 10.2. The SMILES string of the molecule is O=C(O)c1cccn(Cc2ccno2)c1=O. The third-order valence-electron chi connectivity index (χ3n) is 2.07. The number of nitrogens with zero attached hydrogens (tertiary/aromatic N) is 2. The molecule has 0 saturated carbocycles. The third-order valence-corrected chi connectivity index (χ3v) is 2.07. The molecule has 0 unspecified atom stereocenters. The number of rotatable bonds is 3. The lowest BCUT2D eigenvalue weighted by Crippen LogP contribution is -2.25. The van der Waals surface area contributed by atoms with E-state index in [9.17, 15) is 9.59 Å². The maximum absolute atomic E-state index is 11.7. The highest BCUT2D eigenvalue weighted by Gasteiger charge is 2.10. The van der Waals surface area contributed by atoms with Crippen molar-refractivity contribution in [2.24, 2.45) is 0 Å². The maximum Gasteiger partial charge on any atom is 0.341 e. The first-order valence-corrected chi connectivity index (χ1v) is 4.51. The summed E-state index contributed by atoms with van der Waals surface area (Å²) in [6.45, 7) is 0.167. The average Bonchev–Trinajstić information content (AvgIpc) is 2.73. The Hall–Kier alpha value is -2.37. The first-order chi connectivity index (χ1) is 7.68. The molecular weight excluding hydrogens is 212 g/mol. The Kier molecular flexibility index (Phi) is 2.55. The minimum absolute atomic E-state index is 0.167. The monoisotopic (exact) mass is 220 g/mol. The normalized spacial score (nSPS) is 10.2. The predicted octanol–water partition coefficient (Wildman–Crippen LogP) is 0.583. The van der Waals surface area contributed by atoms with E-state index >= 15 is 0 Å². The van der Waals surface area contributed by atoms with Crippen molar-refractivity contribution >= 4 is 5.97 Å². The Morgan fingerprint density at radius 2 is 2.31 bits per heavy atom. The highest BCUT2D eigenvalue weighted by Crippen LogP contribution is 2.00. The summed E-state index contributed by atoms with van der Waals surface area (Å²) in [4.78, 5) is 22.4. The van der Waals surface area contributed by atoms with Crippen molar-refractivity contribution < 1.29 is 14.4 Å². The van der Waals surface area contributed by atoms with Crippen molar-refractivity contribution in [3.8, 4) is 0 Å². The van der Waals surface area contributed by atoms with Crippen molar-refractivity contribution in [3.05, 3.63) is 52.3 Å². The molecule has 0 aromatic carbocycles. The zero-order valence-corrected chi connectivity index (χ0v) is 8.16. The van der Waals surface area contributed by atoms with E-state index in [4.69, 9.17) is 9.63 Å². The van der Waals surface area contributed by atoms with E-state index in [1.54, 1.807) is 6.07 Å². The summed E-state index contributed by atoms with van der Waals surface area (Å²) in [7, 11) is 0. The maximum atomic E-state index is 11.7. The molecule has 0 aliphatic carbocycles. The number of hydrogen-bond acceptors (Lipinski definition) is 4. The first-order valence-electron chi connectivity index (χ1n) is 4.51. The molecule has 0 aliphatic heterocycles. The van der Waals surface area contributed by atoms with Crippen LogP contribution in [0.15, 0.2) is 39.9 Å². The van der Waals surface area contributed by atoms with E-state index in [1.165, 1.54) is 29.1 Å². The Labute approximate surface area is 89.7 Å². The highest BCUT2D eigenvalue weighted by atomic mass is 16.5. The summed E-state index contributed by atoms with van der Waals surface area (Å²) < 4.78 is 6.09. The van der Waals surface area contributed by atoms with Crippen LogP contribution in [0.3, 0.4) is 0 Å². The standard InChI is InChI=1S/C10H8N2O4/c13-9-8(10(14)15)2-1-5-12(9)6-7-3-4-11-16-7/h1-5H,6H2,(H,14,15). The minimum atomic E-state index is -1.24. The smallest absolute Gasteiger partial charge is 0.341 e. The van der Waals surface area contributed by atoms with Crippen LogP contribution in [0, 0.1) is 0 Å². The lowest BCUT2D eigenvalue weighted by Gasteiger charge is -2.02. The molecule has 0 amide bonds. The van der Waals surface area contributed by atoms with Crippen LogP contribution in [0.5, 0.6) is 0 Å². The summed E-state index contributed by atoms with van der Waals surface area (Å²) in [5, 5.41) is 12.3. The van der Waals surface area contributed by atoms with Gasteiger partial charge in [0.2, 0.25) is 0 Å². The van der Waals surface area contributed by atoms with Crippen molar-refractivity contribution in [1.82, 2.24) is 9.72 Å². The summed E-state index contributed by atoms with van der Waals surface area (Å²) in [5.41, 5.74) is -0.826. The number of pyridine rings is 1. The van der Waals surface area contributed by atoms with Crippen molar-refractivity contribution in [2.75, 3.05) is 0 Å². The van der Waals surface area contributed by atoms with Gasteiger partial charge in [0.15, 0.2) is 5.76 Å². The Balaban J connectivity index is 2.39. The molecule has 0 aliphatic rings. The largest absolute Gasteiger partial charge is 0.477 e. The number of carboxylic acid groups (broad SMARTS) is 1. The topological polar surface area (TPSA) is 85.3 Å². The van der Waals surface area contributed by atoms with Gasteiger partial charge in [-0.2, -0.15) is 0 Å². The average molecular weight is 220 g/mol. The van der Waals surface area contributed by atoms with Crippen molar-refractivity contribution in [1.29, 1.82) is 0 Å². The van der Waals surface area contributed by atoms with Gasteiger partial charge in [-0.1, -0.05) is 5.16 Å². The molecule has 0 fully saturated rings. The van der Waals surface area contributed by atoms with Gasteiger partial charge in [0.25, 0.3) is 5.56 Å². The van der Waals surface area contributed by atoms with E-state index in [2.05, 4.69) is 5.16 Å². The Morgan fingerprint density at radius 3 is 2.94 bits per heavy atom. The summed E-state index contributed by atoms with van der Waals surface area (Å²) in [6.07, 6.45) is 2.96. The Bertz CT molecular complexity index is 556. The molecule has 16 heavy (non-hydrogen) atoms. The van der Waals surface area contributed by atoms with Gasteiger partial charge in [-0.05, 0) is 12.1 Å². The summed E-state index contributed by atoms with van der Waals surface area (Å²) >= 11 is 0. The van der Waals surface area contributed by atoms with Gasteiger partial charge < -0.3 is 14.2 Å². The van der Waals surface area contributed by atoms with Crippen LogP contribution in [0.1, 0.15) is 16.1 Å². The predicted molar refractivity (Wildman–Crippen MR) is 53.3 cm³/mol. The molecule has 6 heteroatoms. The van der Waals surface area contributed by atoms with Gasteiger partial charge in [-0.15, -0.1) is 0 Å². The van der Waals surface area contributed by atoms with Gasteiger partial charge in [0, 0.05) is 12.3 Å². The fourth-order valence-electron chi connectivity index (χ4n) is 1.32. The molecule has 0 bridgehead atoms. The summed E-state index contributed by atoms with van der Waals surface area (Å²) in [6, 6.07) is 4.38. The third kappa shape index (κ3) is 1.85. The number of carbonyl (C=O) groups is 1. The molecule has 0 saturated heterocycles. The molecule has 2 heterocycles. The van der Waals surface area contributed by atoms with Crippen LogP contribution < -0.4 is 5.56 Å². The van der Waals surface area contributed by atoms with E-state index in [0.29, 0.717) is 5.76 Å². The second-order valence-electron chi connectivity index (χ2n) is 3.14. The van der Waals surface area contributed by atoms with Crippen LogP contribution in [0.4, 0.5) is 0 Å². The number of hydrogen-bond donors (Lipinski definition) is 1. The number of aromatic nitrogens is 2. The molecule has 1 N–H and O–H groups in total. The van der Waals surface area contributed by atoms with Gasteiger partial charge in [0.1, 0.15) is 5.56 Å². The zero-order valence-electron chi connectivity index (χ0n) is 8.16. The van der Waals surface area contributed by atoms with E-state index < -0.39 is 11.5 Å². The van der Waals surface area contributed by atoms with Crippen molar-refractivity contribution in [2.45, 2.75) is 6.54 Å². The van der Waals surface area contributed by atoms with Gasteiger partial charge >= 0.3 is 5.97 Å². The molecule has 2 aromatic heterocycles. The molecule has 6 nitrogen and oxygen atoms in total. The van der Waals surface area contributed by atoms with Crippen LogP contribution in [0.25, 0.3) is 0 Å². The number of carboxylic acids is 1. The Morgan fingerprint density at radius 1 is 1.50 bits per heavy atom. The molecular formula is C10H8N2O4. The molecule has 0 radical (unpaired) electrons. The van der Waals surface area contributed by atoms with Crippen LogP contribution >= 0.6 is 0 Å². The zero-order chi connectivity index (χ0) is 11.5. The highest BCUT2D eigenvalue weighted by molar-refractivity contribution is 5.86. The molecule has 2 rings (SSSR count). The molecule has 2 aromatic rings. The second kappa shape index (κ2) is 4.01. The van der Waals surface area contributed by atoms with Gasteiger partial charge in [0.05, 0.1) is 12.7 Å². The van der Waals surface area contributed by atoms with Gasteiger partial charge in [-0.3, -0.25) is 4.79 Å². The van der Waals surface area contributed by atoms with Crippen LogP contribution in [0.2, 0.25) is 0 Å². The van der Waals surface area contributed by atoms with Crippen molar-refractivity contribution in [3.63, 3.8) is 0 Å². The second-order valence-corrected chi connectivity index (χ2v) is 3.14. The minimum Gasteiger partial charge on any atom is -0.477 e. The molecule has 0 spiro atoms. The lowest BCUT2D eigenvalue weighted by molar-refractivity contribution is 0.0694. The molecule has 0 atom stereocenters. The lowest BCUT2D eigenvalue weighted by atomic mass is 10.3. The van der Waals surface area contributed by atoms with Gasteiger partial charge in [-0.25, -0.2) is 4.79 Å². The van der Waals surface area contributed by atoms with Crippen LogP contribution in [-0.4, -0.2) is 20.8 Å². The van der Waals surface area contributed by atoms with Crippen LogP contribution in [-0.2, 0) is 6.54 Å². The number of aromatic carboxylic acids is 1. The quantitative estimate of drug-likeness (QED) is 0.817.